The lowest BCUT2D eigenvalue weighted by Gasteiger charge is -2.12. The first-order chi connectivity index (χ1) is 15.3. The highest BCUT2D eigenvalue weighted by atomic mass is 16.5. The number of para-hydroxylation sites is 2. The predicted molar refractivity (Wildman–Crippen MR) is 125 cm³/mol. The summed E-state index contributed by atoms with van der Waals surface area (Å²) in [4.78, 5) is 4.81. The zero-order valence-electron chi connectivity index (χ0n) is 17.5. The van der Waals surface area contributed by atoms with Crippen molar-refractivity contribution in [3.05, 3.63) is 102 Å². The smallest absolute Gasteiger partial charge is 0.148 e. The third-order valence-corrected chi connectivity index (χ3v) is 5.40. The summed E-state index contributed by atoms with van der Waals surface area (Å²) in [5, 5.41) is 2.37. The van der Waals surface area contributed by atoms with Gasteiger partial charge in [0, 0.05) is 0 Å². The molecule has 0 spiro atoms. The summed E-state index contributed by atoms with van der Waals surface area (Å²) in [6.45, 7) is 3.73. The second-order valence-electron chi connectivity index (χ2n) is 7.63. The normalized spacial score (nSPS) is 11.1. The number of ether oxygens (including phenoxy) is 2. The lowest BCUT2D eigenvalue weighted by atomic mass is 10.1. The van der Waals surface area contributed by atoms with Crippen LogP contribution < -0.4 is 9.47 Å². The van der Waals surface area contributed by atoms with Gasteiger partial charge >= 0.3 is 0 Å². The molecule has 0 atom stereocenters. The molecule has 0 aliphatic carbocycles. The van der Waals surface area contributed by atoms with Crippen LogP contribution in [-0.4, -0.2) is 16.2 Å². The molecule has 0 aliphatic rings. The number of aryl methyl sites for hydroxylation is 1. The Labute approximate surface area is 181 Å². The largest absolute Gasteiger partial charge is 0.492 e. The van der Waals surface area contributed by atoms with Crippen LogP contribution in [0.15, 0.2) is 91.0 Å². The number of rotatable bonds is 7. The Bertz CT molecular complexity index is 1340. The van der Waals surface area contributed by atoms with Crippen LogP contribution >= 0.6 is 0 Å². The van der Waals surface area contributed by atoms with Crippen LogP contribution in [0.1, 0.15) is 11.4 Å². The average Bonchev–Trinajstić information content (AvgIpc) is 3.15. The fraction of sp³-hybridized carbons (Fsp3) is 0.148. The highest BCUT2D eigenvalue weighted by Gasteiger charge is 2.11. The molecule has 0 saturated heterocycles. The highest BCUT2D eigenvalue weighted by Crippen LogP contribution is 2.23. The summed E-state index contributed by atoms with van der Waals surface area (Å²) < 4.78 is 14.3. The lowest BCUT2D eigenvalue weighted by Crippen LogP contribution is -2.13. The Morgan fingerprint density at radius 2 is 1.55 bits per heavy atom. The maximum absolute atomic E-state index is 6.13. The summed E-state index contributed by atoms with van der Waals surface area (Å²) in [6.07, 6.45) is 0. The van der Waals surface area contributed by atoms with E-state index in [1.54, 1.807) is 0 Å². The van der Waals surface area contributed by atoms with Crippen LogP contribution in [0.3, 0.4) is 0 Å². The van der Waals surface area contributed by atoms with E-state index >= 15 is 0 Å². The van der Waals surface area contributed by atoms with Gasteiger partial charge in [0.05, 0.1) is 17.6 Å². The SMILES string of the molecule is Cc1cccc(OCCn2c(COc3ccc4ccccc4c3)nc3ccccc32)c1. The van der Waals surface area contributed by atoms with Crippen LogP contribution in [0, 0.1) is 6.92 Å². The average molecular weight is 409 g/mol. The second-order valence-corrected chi connectivity index (χ2v) is 7.63. The molecule has 154 valence electrons. The van der Waals surface area contributed by atoms with Crippen molar-refractivity contribution in [2.45, 2.75) is 20.1 Å². The van der Waals surface area contributed by atoms with Crippen molar-refractivity contribution >= 4 is 21.8 Å². The van der Waals surface area contributed by atoms with Gasteiger partial charge in [-0.15, -0.1) is 0 Å². The van der Waals surface area contributed by atoms with Gasteiger partial charge in [-0.25, -0.2) is 4.98 Å². The second kappa shape index (κ2) is 8.52. The fourth-order valence-electron chi connectivity index (χ4n) is 3.85. The van der Waals surface area contributed by atoms with Crippen molar-refractivity contribution in [2.24, 2.45) is 0 Å². The summed E-state index contributed by atoms with van der Waals surface area (Å²) in [6, 6.07) is 30.8. The van der Waals surface area contributed by atoms with E-state index in [0.29, 0.717) is 19.8 Å². The van der Waals surface area contributed by atoms with Gasteiger partial charge in [-0.1, -0.05) is 54.6 Å². The van der Waals surface area contributed by atoms with E-state index in [1.165, 1.54) is 16.3 Å². The first-order valence-electron chi connectivity index (χ1n) is 10.5. The minimum absolute atomic E-state index is 0.400. The molecule has 31 heavy (non-hydrogen) atoms. The number of hydrogen-bond donors (Lipinski definition) is 0. The predicted octanol–water partition coefficient (Wildman–Crippen LogP) is 6.16. The third kappa shape index (κ3) is 4.24. The standard InChI is InChI=1S/C27H24N2O2/c1-20-7-6-10-23(17-20)30-16-15-29-26-12-5-4-11-25(26)28-27(29)19-31-24-14-13-21-8-2-3-9-22(21)18-24/h2-14,17-18H,15-16,19H2,1H3. The molecule has 0 N–H and O–H groups in total. The van der Waals surface area contributed by atoms with E-state index in [9.17, 15) is 0 Å². The molecule has 0 bridgehead atoms. The molecule has 5 aromatic rings. The summed E-state index contributed by atoms with van der Waals surface area (Å²) in [5.41, 5.74) is 3.25. The van der Waals surface area contributed by atoms with Gasteiger partial charge in [0.1, 0.15) is 30.5 Å². The Morgan fingerprint density at radius 3 is 2.45 bits per heavy atom. The van der Waals surface area contributed by atoms with Gasteiger partial charge in [0.15, 0.2) is 0 Å². The van der Waals surface area contributed by atoms with Crippen LogP contribution in [0.2, 0.25) is 0 Å². The Kier molecular flexibility index (Phi) is 5.28. The molecule has 5 rings (SSSR count). The molecular weight excluding hydrogens is 384 g/mol. The van der Waals surface area contributed by atoms with E-state index in [0.717, 1.165) is 28.4 Å². The number of nitrogens with zero attached hydrogens (tertiary/aromatic N) is 2. The molecule has 0 saturated carbocycles. The number of benzene rings is 4. The topological polar surface area (TPSA) is 36.3 Å². The fourth-order valence-corrected chi connectivity index (χ4v) is 3.85. The summed E-state index contributed by atoms with van der Waals surface area (Å²) >= 11 is 0. The van der Waals surface area contributed by atoms with Crippen LogP contribution in [0.5, 0.6) is 11.5 Å². The highest BCUT2D eigenvalue weighted by molar-refractivity contribution is 5.83. The molecule has 0 aliphatic heterocycles. The zero-order valence-corrected chi connectivity index (χ0v) is 17.5. The van der Waals surface area contributed by atoms with E-state index in [-0.39, 0.29) is 0 Å². The Balaban J connectivity index is 1.35. The first kappa shape index (κ1) is 19.2. The molecule has 0 radical (unpaired) electrons. The van der Waals surface area contributed by atoms with E-state index in [2.05, 4.69) is 54.0 Å². The van der Waals surface area contributed by atoms with Gasteiger partial charge in [0.25, 0.3) is 0 Å². The van der Waals surface area contributed by atoms with Crippen molar-refractivity contribution in [3.8, 4) is 11.5 Å². The van der Waals surface area contributed by atoms with E-state index in [4.69, 9.17) is 14.5 Å². The minimum Gasteiger partial charge on any atom is -0.492 e. The maximum Gasteiger partial charge on any atom is 0.148 e. The van der Waals surface area contributed by atoms with Crippen LogP contribution in [0.25, 0.3) is 21.8 Å². The molecule has 0 fully saturated rings. The van der Waals surface area contributed by atoms with Crippen molar-refractivity contribution in [1.29, 1.82) is 0 Å². The van der Waals surface area contributed by atoms with Gasteiger partial charge in [-0.2, -0.15) is 0 Å². The zero-order chi connectivity index (χ0) is 21.0. The van der Waals surface area contributed by atoms with Crippen LogP contribution in [-0.2, 0) is 13.2 Å². The van der Waals surface area contributed by atoms with E-state index < -0.39 is 0 Å². The van der Waals surface area contributed by atoms with Gasteiger partial charge in [0.2, 0.25) is 0 Å². The van der Waals surface area contributed by atoms with Crippen molar-refractivity contribution < 1.29 is 9.47 Å². The van der Waals surface area contributed by atoms with Crippen molar-refractivity contribution in [2.75, 3.05) is 6.61 Å². The van der Waals surface area contributed by atoms with E-state index in [1.807, 2.05) is 48.5 Å². The maximum atomic E-state index is 6.13. The molecule has 4 heteroatoms. The van der Waals surface area contributed by atoms with Gasteiger partial charge in [-0.05, 0) is 59.7 Å². The summed E-state index contributed by atoms with van der Waals surface area (Å²) in [7, 11) is 0. The third-order valence-electron chi connectivity index (χ3n) is 5.40. The Morgan fingerprint density at radius 1 is 0.742 bits per heavy atom. The summed E-state index contributed by atoms with van der Waals surface area (Å²) in [5.74, 6) is 2.62. The van der Waals surface area contributed by atoms with Crippen molar-refractivity contribution in [3.63, 3.8) is 0 Å². The number of imidazole rings is 1. The quantitative estimate of drug-likeness (QED) is 0.324. The molecule has 1 aromatic heterocycles. The lowest BCUT2D eigenvalue weighted by molar-refractivity contribution is 0.272. The number of hydrogen-bond acceptors (Lipinski definition) is 3. The minimum atomic E-state index is 0.400. The monoisotopic (exact) mass is 408 g/mol. The van der Waals surface area contributed by atoms with Gasteiger partial charge < -0.3 is 14.0 Å². The molecule has 0 unspecified atom stereocenters. The molecular formula is C27H24N2O2. The first-order valence-corrected chi connectivity index (χ1v) is 10.5. The molecule has 1 heterocycles. The van der Waals surface area contributed by atoms with Crippen molar-refractivity contribution in [1.82, 2.24) is 9.55 Å². The molecule has 0 amide bonds. The van der Waals surface area contributed by atoms with Gasteiger partial charge in [-0.3, -0.25) is 0 Å². The number of aromatic nitrogens is 2. The number of fused-ring (bicyclic) bond motifs is 2. The molecule has 4 nitrogen and oxygen atoms in total. The molecule has 4 aromatic carbocycles. The van der Waals surface area contributed by atoms with Crippen LogP contribution in [0.4, 0.5) is 0 Å². The Hall–Kier alpha value is -3.79.